The Labute approximate surface area is 195 Å². The molecule has 2 unspecified atom stereocenters. The first-order valence-electron chi connectivity index (χ1n) is 11.6. The van der Waals surface area contributed by atoms with Crippen LogP contribution in [0.2, 0.25) is 0 Å². The fraction of sp³-hybridized carbons (Fsp3) is 0.462. The van der Waals surface area contributed by atoms with Crippen molar-refractivity contribution >= 4 is 17.5 Å². The van der Waals surface area contributed by atoms with Gasteiger partial charge in [-0.05, 0) is 62.9 Å². The number of rotatable bonds is 7. The number of fused-ring (bicyclic) bond motifs is 2. The van der Waals surface area contributed by atoms with Gasteiger partial charge in [-0.2, -0.15) is 0 Å². The third kappa shape index (κ3) is 5.47. The molecule has 4 rings (SSSR count). The summed E-state index contributed by atoms with van der Waals surface area (Å²) in [5.74, 6) is 1.05. The van der Waals surface area contributed by atoms with E-state index in [1.54, 1.807) is 32.4 Å². The first-order valence-corrected chi connectivity index (χ1v) is 11.6. The predicted molar refractivity (Wildman–Crippen MR) is 128 cm³/mol. The van der Waals surface area contributed by atoms with Gasteiger partial charge in [0, 0.05) is 29.4 Å². The summed E-state index contributed by atoms with van der Waals surface area (Å²) in [5, 5.41) is 6.23. The zero-order chi connectivity index (χ0) is 23.4. The molecular formula is C26H33N3O4. The van der Waals surface area contributed by atoms with Gasteiger partial charge < -0.3 is 20.1 Å². The molecule has 2 heterocycles. The number of anilines is 1. The van der Waals surface area contributed by atoms with Gasteiger partial charge in [0.2, 0.25) is 5.91 Å². The summed E-state index contributed by atoms with van der Waals surface area (Å²) >= 11 is 0. The molecule has 0 radical (unpaired) electrons. The number of methoxy groups -OCH3 is 2. The second kappa shape index (κ2) is 10.3. The molecule has 2 saturated heterocycles. The third-order valence-electron chi connectivity index (χ3n) is 6.77. The van der Waals surface area contributed by atoms with Crippen molar-refractivity contribution in [1.82, 2.24) is 10.2 Å². The van der Waals surface area contributed by atoms with Crippen molar-refractivity contribution in [2.75, 3.05) is 26.1 Å². The fourth-order valence-corrected chi connectivity index (χ4v) is 5.10. The first-order chi connectivity index (χ1) is 16.0. The normalized spacial score (nSPS) is 22.3. The van der Waals surface area contributed by atoms with Crippen LogP contribution in [0.1, 0.15) is 48.0 Å². The third-order valence-corrected chi connectivity index (χ3v) is 6.77. The molecule has 2 aromatic rings. The second-order valence-electron chi connectivity index (χ2n) is 9.04. The van der Waals surface area contributed by atoms with Gasteiger partial charge in [0.05, 0.1) is 20.8 Å². The van der Waals surface area contributed by atoms with Gasteiger partial charge in [-0.15, -0.1) is 0 Å². The van der Waals surface area contributed by atoms with Crippen LogP contribution in [0.25, 0.3) is 0 Å². The lowest BCUT2D eigenvalue weighted by Crippen LogP contribution is -2.58. The zero-order valence-electron chi connectivity index (χ0n) is 19.6. The highest BCUT2D eigenvalue weighted by atomic mass is 16.5. The van der Waals surface area contributed by atoms with E-state index in [9.17, 15) is 9.59 Å². The van der Waals surface area contributed by atoms with Crippen LogP contribution >= 0.6 is 0 Å². The van der Waals surface area contributed by atoms with E-state index in [1.807, 2.05) is 31.2 Å². The smallest absolute Gasteiger partial charge is 0.251 e. The number of carbonyl (C=O) groups excluding carboxylic acids is 2. The average Bonchev–Trinajstić information content (AvgIpc) is 2.80. The minimum absolute atomic E-state index is 0.0172. The Kier molecular flexibility index (Phi) is 7.18. The van der Waals surface area contributed by atoms with Gasteiger partial charge in [-0.3, -0.25) is 14.5 Å². The van der Waals surface area contributed by atoms with Crippen LogP contribution in [0.15, 0.2) is 42.5 Å². The molecule has 7 nitrogen and oxygen atoms in total. The van der Waals surface area contributed by atoms with Crippen LogP contribution in [0.5, 0.6) is 11.5 Å². The average molecular weight is 452 g/mol. The minimum Gasteiger partial charge on any atom is -0.493 e. The molecule has 2 aliphatic rings. The predicted octanol–water partition coefficient (Wildman–Crippen LogP) is 3.77. The highest BCUT2D eigenvalue weighted by Crippen LogP contribution is 2.34. The highest BCUT2D eigenvalue weighted by Gasteiger charge is 2.39. The van der Waals surface area contributed by atoms with Crippen LogP contribution in [0.3, 0.4) is 0 Å². The molecule has 2 bridgehead atoms. The van der Waals surface area contributed by atoms with E-state index < -0.39 is 0 Å². The van der Waals surface area contributed by atoms with Gasteiger partial charge in [0.15, 0.2) is 11.5 Å². The molecular weight excluding hydrogens is 418 g/mol. The number of carbonyl (C=O) groups is 2. The van der Waals surface area contributed by atoms with Crippen LogP contribution in [-0.4, -0.2) is 55.6 Å². The standard InChI is InChI=1S/C26H33N3O4/c1-17-7-10-19(11-8-17)27-25(30)16-29-21-5-4-6-22(29)15-20(14-21)28-26(31)18-9-12-23(32-2)24(13-18)33-3/h7-13,20-22H,4-6,14-16H2,1-3H3,(H,27,30)(H,28,31). The van der Waals surface area contributed by atoms with Gasteiger partial charge >= 0.3 is 0 Å². The van der Waals surface area contributed by atoms with Crippen molar-refractivity contribution in [1.29, 1.82) is 0 Å². The zero-order valence-corrected chi connectivity index (χ0v) is 19.6. The maximum Gasteiger partial charge on any atom is 0.251 e. The Morgan fingerprint density at radius 2 is 1.64 bits per heavy atom. The summed E-state index contributed by atoms with van der Waals surface area (Å²) in [5.41, 5.74) is 2.55. The number of hydrogen-bond donors (Lipinski definition) is 2. The van der Waals surface area contributed by atoms with Crippen molar-refractivity contribution in [3.05, 3.63) is 53.6 Å². The lowest BCUT2D eigenvalue weighted by Gasteiger charge is -2.48. The first kappa shape index (κ1) is 23.1. The lowest BCUT2D eigenvalue weighted by atomic mass is 9.81. The van der Waals surface area contributed by atoms with Crippen LogP contribution < -0.4 is 20.1 Å². The van der Waals surface area contributed by atoms with E-state index in [0.717, 1.165) is 31.4 Å². The molecule has 0 saturated carbocycles. The molecule has 2 aromatic carbocycles. The molecule has 2 N–H and O–H groups in total. The molecule has 0 spiro atoms. The molecule has 176 valence electrons. The molecule has 2 fully saturated rings. The van der Waals surface area contributed by atoms with Crippen molar-refractivity contribution in [3.63, 3.8) is 0 Å². The summed E-state index contributed by atoms with van der Waals surface area (Å²) in [6.45, 7) is 2.42. The minimum atomic E-state index is -0.107. The van der Waals surface area contributed by atoms with E-state index in [2.05, 4.69) is 15.5 Å². The number of benzene rings is 2. The van der Waals surface area contributed by atoms with E-state index >= 15 is 0 Å². The molecule has 2 amide bonds. The molecule has 33 heavy (non-hydrogen) atoms. The van der Waals surface area contributed by atoms with Crippen molar-refractivity contribution in [2.45, 2.75) is 57.2 Å². The summed E-state index contributed by atoms with van der Waals surface area (Å²) < 4.78 is 10.6. The molecule has 0 aliphatic carbocycles. The quantitative estimate of drug-likeness (QED) is 0.670. The van der Waals surface area contributed by atoms with Gasteiger partial charge in [-0.1, -0.05) is 24.1 Å². The number of hydrogen-bond acceptors (Lipinski definition) is 5. The molecule has 7 heteroatoms. The maximum atomic E-state index is 12.9. The van der Waals surface area contributed by atoms with E-state index in [-0.39, 0.29) is 17.9 Å². The molecule has 2 atom stereocenters. The Bertz CT molecular complexity index is 978. The van der Waals surface area contributed by atoms with E-state index in [0.29, 0.717) is 35.7 Å². The summed E-state index contributed by atoms with van der Waals surface area (Å²) in [4.78, 5) is 28.0. The number of amides is 2. The van der Waals surface area contributed by atoms with Crippen LogP contribution in [0, 0.1) is 6.92 Å². The Morgan fingerprint density at radius 3 is 2.27 bits per heavy atom. The molecule has 2 aliphatic heterocycles. The summed E-state index contributed by atoms with van der Waals surface area (Å²) in [6.07, 6.45) is 4.98. The number of nitrogens with one attached hydrogen (secondary N) is 2. The van der Waals surface area contributed by atoms with Crippen LogP contribution in [-0.2, 0) is 4.79 Å². The summed E-state index contributed by atoms with van der Waals surface area (Å²) in [6, 6.07) is 13.8. The van der Waals surface area contributed by atoms with E-state index in [4.69, 9.17) is 9.47 Å². The van der Waals surface area contributed by atoms with Crippen LogP contribution in [0.4, 0.5) is 5.69 Å². The number of aryl methyl sites for hydroxylation is 1. The Morgan fingerprint density at radius 1 is 0.970 bits per heavy atom. The summed E-state index contributed by atoms with van der Waals surface area (Å²) in [7, 11) is 3.14. The Balaban J connectivity index is 1.36. The number of nitrogens with zero attached hydrogens (tertiary/aromatic N) is 1. The fourth-order valence-electron chi connectivity index (χ4n) is 5.10. The van der Waals surface area contributed by atoms with Crippen molar-refractivity contribution in [3.8, 4) is 11.5 Å². The largest absolute Gasteiger partial charge is 0.493 e. The Hall–Kier alpha value is -3.06. The second-order valence-corrected chi connectivity index (χ2v) is 9.04. The van der Waals surface area contributed by atoms with Crippen molar-refractivity contribution in [2.24, 2.45) is 0 Å². The number of piperidine rings is 2. The SMILES string of the molecule is COc1ccc(C(=O)NC2CC3CCCC(C2)N3CC(=O)Nc2ccc(C)cc2)cc1OC. The van der Waals surface area contributed by atoms with E-state index in [1.165, 1.54) is 12.0 Å². The van der Waals surface area contributed by atoms with Crippen molar-refractivity contribution < 1.29 is 19.1 Å². The molecule has 0 aromatic heterocycles. The van der Waals surface area contributed by atoms with Gasteiger partial charge in [0.1, 0.15) is 0 Å². The monoisotopic (exact) mass is 451 g/mol. The van der Waals surface area contributed by atoms with Gasteiger partial charge in [-0.25, -0.2) is 0 Å². The maximum absolute atomic E-state index is 12.9. The number of ether oxygens (including phenoxy) is 2. The highest BCUT2D eigenvalue weighted by molar-refractivity contribution is 5.95. The lowest BCUT2D eigenvalue weighted by molar-refractivity contribution is -0.120. The topological polar surface area (TPSA) is 79.9 Å². The van der Waals surface area contributed by atoms with Gasteiger partial charge in [0.25, 0.3) is 5.91 Å².